The number of rotatable bonds is 16. The summed E-state index contributed by atoms with van der Waals surface area (Å²) in [5, 5.41) is 0. The number of benzene rings is 6. The Morgan fingerprint density at radius 1 is 0.456 bits per heavy atom. The van der Waals surface area contributed by atoms with Crippen LogP contribution in [0.3, 0.4) is 0 Å². The number of hydrogen-bond donors (Lipinski definition) is 0. The molecule has 0 saturated carbocycles. The van der Waals surface area contributed by atoms with Gasteiger partial charge in [0.2, 0.25) is 0 Å². The van der Waals surface area contributed by atoms with Gasteiger partial charge in [0.1, 0.15) is 30.5 Å². The highest BCUT2D eigenvalue weighted by Crippen LogP contribution is 2.39. The van der Waals surface area contributed by atoms with Gasteiger partial charge in [0, 0.05) is 0 Å². The Morgan fingerprint density at radius 3 is 1.42 bits per heavy atom. The van der Waals surface area contributed by atoms with E-state index in [1.807, 2.05) is 146 Å². The topological polar surface area (TPSA) is 83.5 Å². The lowest BCUT2D eigenvalue weighted by Gasteiger charge is -2.46. The minimum Gasteiger partial charge on any atom is -0.374 e. The van der Waals surface area contributed by atoms with Crippen molar-refractivity contribution in [1.82, 2.24) is 4.90 Å². The smallest absolute Gasteiger partial charge is 0.261 e. The third kappa shape index (κ3) is 9.29. The maximum absolute atomic E-state index is 13.4. The second-order valence-corrected chi connectivity index (χ2v) is 14.4. The van der Waals surface area contributed by atoms with Crippen molar-refractivity contribution in [2.75, 3.05) is 6.61 Å². The molecule has 6 aromatic rings. The van der Waals surface area contributed by atoms with Crippen LogP contribution in [0.4, 0.5) is 0 Å². The summed E-state index contributed by atoms with van der Waals surface area (Å²) in [7, 11) is 0. The molecule has 8 nitrogen and oxygen atoms in total. The van der Waals surface area contributed by atoms with E-state index in [0.29, 0.717) is 37.6 Å². The standard InChI is InChI=1S/C49H45NO7/c51-48-41-26-13-14-27-42(41)49(52)50(48)29-39-24-15-25-40(28-39)44-46(55-32-37-20-9-3-10-21-37)47(56-33-38-22-11-4-12-23-38)45(54-31-36-18-7-2-8-19-36)43(57-44)34-53-30-35-16-5-1-6-17-35/h1-28,43-47H,29-34H2/t43-,44+,45-,46+,47+/m1/s1. The van der Waals surface area contributed by atoms with Crippen molar-refractivity contribution in [3.05, 3.63) is 214 Å². The lowest BCUT2D eigenvalue weighted by atomic mass is 9.89. The van der Waals surface area contributed by atoms with Gasteiger partial charge >= 0.3 is 0 Å². The second-order valence-electron chi connectivity index (χ2n) is 14.4. The van der Waals surface area contributed by atoms with E-state index in [1.165, 1.54) is 4.90 Å². The van der Waals surface area contributed by atoms with Crippen LogP contribution >= 0.6 is 0 Å². The van der Waals surface area contributed by atoms with Crippen molar-refractivity contribution >= 4 is 11.8 Å². The van der Waals surface area contributed by atoms with Crippen molar-refractivity contribution in [2.24, 2.45) is 0 Å². The van der Waals surface area contributed by atoms with Crippen molar-refractivity contribution in [2.45, 2.75) is 63.5 Å². The molecule has 8 rings (SSSR count). The fourth-order valence-corrected chi connectivity index (χ4v) is 7.49. The number of amides is 2. The first-order chi connectivity index (χ1) is 28.1. The maximum Gasteiger partial charge on any atom is 0.261 e. The van der Waals surface area contributed by atoms with Gasteiger partial charge in [-0.15, -0.1) is 0 Å². The molecule has 1 fully saturated rings. The van der Waals surface area contributed by atoms with Crippen LogP contribution in [0.2, 0.25) is 0 Å². The predicted molar refractivity (Wildman–Crippen MR) is 216 cm³/mol. The first kappa shape index (κ1) is 38.1. The molecule has 288 valence electrons. The first-order valence-corrected chi connectivity index (χ1v) is 19.4. The van der Waals surface area contributed by atoms with Crippen molar-refractivity contribution < 1.29 is 33.3 Å². The molecule has 6 aromatic carbocycles. The number of imide groups is 1. The zero-order valence-corrected chi connectivity index (χ0v) is 31.6. The molecule has 5 atom stereocenters. The summed E-state index contributed by atoms with van der Waals surface area (Å²) in [6.07, 6.45) is -2.99. The van der Waals surface area contributed by atoms with Crippen LogP contribution in [-0.4, -0.2) is 47.7 Å². The minimum atomic E-state index is -0.630. The van der Waals surface area contributed by atoms with E-state index < -0.39 is 30.5 Å². The monoisotopic (exact) mass is 759 g/mol. The summed E-state index contributed by atoms with van der Waals surface area (Å²) in [5.74, 6) is -0.607. The van der Waals surface area contributed by atoms with Crippen molar-refractivity contribution in [3.8, 4) is 0 Å². The fraction of sp³-hybridized carbons (Fsp3) is 0.224. The van der Waals surface area contributed by atoms with E-state index in [0.717, 1.165) is 33.4 Å². The molecule has 2 aliphatic rings. The zero-order chi connectivity index (χ0) is 38.8. The van der Waals surface area contributed by atoms with Crippen LogP contribution < -0.4 is 0 Å². The van der Waals surface area contributed by atoms with Gasteiger partial charge in [-0.3, -0.25) is 14.5 Å². The first-order valence-electron chi connectivity index (χ1n) is 19.4. The highest BCUT2D eigenvalue weighted by molar-refractivity contribution is 6.21. The SMILES string of the molecule is O=C1c2ccccc2C(=O)N1Cc1cccc([C@@H]2O[C@H](COCc3ccccc3)[C@@H](OCc3ccccc3)[C@H](OCc3ccccc3)[C@H]2OCc2ccccc2)c1. The van der Waals surface area contributed by atoms with Crippen LogP contribution in [0.15, 0.2) is 170 Å². The molecule has 2 heterocycles. The molecule has 0 bridgehead atoms. The highest BCUT2D eigenvalue weighted by atomic mass is 16.6. The average molecular weight is 760 g/mol. The number of nitrogens with zero attached hydrogens (tertiary/aromatic N) is 1. The average Bonchev–Trinajstić information content (AvgIpc) is 3.50. The van der Waals surface area contributed by atoms with Gasteiger partial charge in [-0.05, 0) is 45.5 Å². The van der Waals surface area contributed by atoms with Crippen molar-refractivity contribution in [1.29, 1.82) is 0 Å². The quantitative estimate of drug-likeness (QED) is 0.0912. The van der Waals surface area contributed by atoms with E-state index in [4.69, 9.17) is 23.7 Å². The Bertz CT molecular complexity index is 2180. The molecule has 2 amide bonds. The lowest BCUT2D eigenvalue weighted by molar-refractivity contribution is -0.275. The normalized spacial score (nSPS) is 20.4. The molecule has 0 aromatic heterocycles. The van der Waals surface area contributed by atoms with E-state index in [9.17, 15) is 9.59 Å². The third-order valence-electron chi connectivity index (χ3n) is 10.4. The lowest BCUT2D eigenvalue weighted by Crippen LogP contribution is -2.58. The second kappa shape index (κ2) is 18.5. The van der Waals surface area contributed by atoms with Gasteiger partial charge in [0.25, 0.3) is 11.8 Å². The molecule has 0 aliphatic carbocycles. The number of hydrogen-bond acceptors (Lipinski definition) is 7. The molecule has 1 saturated heterocycles. The molecule has 8 heteroatoms. The van der Waals surface area contributed by atoms with Crippen LogP contribution in [0.25, 0.3) is 0 Å². The maximum atomic E-state index is 13.4. The number of fused-ring (bicyclic) bond motifs is 1. The summed E-state index contributed by atoms with van der Waals surface area (Å²) in [5.41, 5.74) is 6.54. The molecular formula is C49H45NO7. The van der Waals surface area contributed by atoms with E-state index in [2.05, 4.69) is 0 Å². The van der Waals surface area contributed by atoms with Gasteiger partial charge in [0.05, 0.1) is 50.7 Å². The minimum absolute atomic E-state index is 0.114. The van der Waals surface area contributed by atoms with Crippen LogP contribution in [-0.2, 0) is 56.7 Å². The predicted octanol–water partition coefficient (Wildman–Crippen LogP) is 8.90. The summed E-state index contributed by atoms with van der Waals surface area (Å²) < 4.78 is 34.2. The summed E-state index contributed by atoms with van der Waals surface area (Å²) in [6.45, 7) is 1.72. The number of carbonyl (C=O) groups is 2. The zero-order valence-electron chi connectivity index (χ0n) is 31.6. The molecule has 0 unspecified atom stereocenters. The van der Waals surface area contributed by atoms with Crippen LogP contribution in [0, 0.1) is 0 Å². The van der Waals surface area contributed by atoms with E-state index in [1.54, 1.807) is 24.3 Å². The molecular weight excluding hydrogens is 715 g/mol. The number of ether oxygens (including phenoxy) is 5. The third-order valence-corrected chi connectivity index (χ3v) is 10.4. The van der Waals surface area contributed by atoms with Gasteiger partial charge in [-0.25, -0.2) is 0 Å². The molecule has 0 radical (unpaired) electrons. The largest absolute Gasteiger partial charge is 0.374 e. The van der Waals surface area contributed by atoms with Gasteiger partial charge < -0.3 is 23.7 Å². The Kier molecular flexibility index (Phi) is 12.4. The molecule has 57 heavy (non-hydrogen) atoms. The highest BCUT2D eigenvalue weighted by Gasteiger charge is 2.49. The molecule has 2 aliphatic heterocycles. The van der Waals surface area contributed by atoms with E-state index in [-0.39, 0.29) is 25.0 Å². The molecule has 0 N–H and O–H groups in total. The van der Waals surface area contributed by atoms with Crippen LogP contribution in [0.1, 0.15) is 60.2 Å². The van der Waals surface area contributed by atoms with Gasteiger partial charge in [-0.2, -0.15) is 0 Å². The van der Waals surface area contributed by atoms with Crippen molar-refractivity contribution in [3.63, 3.8) is 0 Å². The van der Waals surface area contributed by atoms with Crippen LogP contribution in [0.5, 0.6) is 0 Å². The number of carbonyl (C=O) groups excluding carboxylic acids is 2. The van der Waals surface area contributed by atoms with Gasteiger partial charge in [-0.1, -0.05) is 158 Å². The Hall–Kier alpha value is -5.74. The van der Waals surface area contributed by atoms with E-state index >= 15 is 0 Å². The summed E-state index contributed by atoms with van der Waals surface area (Å²) >= 11 is 0. The Labute approximate surface area is 333 Å². The Morgan fingerprint density at radius 2 is 0.895 bits per heavy atom. The summed E-state index contributed by atoms with van der Waals surface area (Å²) in [6, 6.07) is 55.0. The molecule has 0 spiro atoms. The van der Waals surface area contributed by atoms with Gasteiger partial charge in [0.15, 0.2) is 0 Å². The Balaban J connectivity index is 1.14. The fourth-order valence-electron chi connectivity index (χ4n) is 7.49. The summed E-state index contributed by atoms with van der Waals surface area (Å²) in [4.78, 5) is 28.0.